The first kappa shape index (κ1) is 15.3. The lowest BCUT2D eigenvalue weighted by molar-refractivity contribution is -0.121. The Labute approximate surface area is 132 Å². The minimum Gasteiger partial charge on any atom is -0.492 e. The molecule has 0 saturated carbocycles. The second kappa shape index (κ2) is 6.64. The Balaban J connectivity index is 1.66. The number of carbonyl (C=O) groups excluding carboxylic acids is 1. The SMILES string of the molecule is O=C(Nc1cccc(OC(F)F)c1)C1COc2ccccc2C1. The summed E-state index contributed by atoms with van der Waals surface area (Å²) in [4.78, 5) is 12.3. The van der Waals surface area contributed by atoms with Crippen molar-refractivity contribution in [3.05, 3.63) is 54.1 Å². The molecule has 1 unspecified atom stereocenters. The van der Waals surface area contributed by atoms with Gasteiger partial charge in [0.25, 0.3) is 0 Å². The van der Waals surface area contributed by atoms with Crippen LogP contribution in [0.2, 0.25) is 0 Å². The maximum atomic E-state index is 12.3. The Morgan fingerprint density at radius 2 is 2.04 bits per heavy atom. The first-order valence-electron chi connectivity index (χ1n) is 7.18. The van der Waals surface area contributed by atoms with Gasteiger partial charge in [-0.05, 0) is 30.2 Å². The topological polar surface area (TPSA) is 47.6 Å². The normalized spacial score (nSPS) is 16.4. The van der Waals surface area contributed by atoms with Crippen LogP contribution in [0.25, 0.3) is 0 Å². The van der Waals surface area contributed by atoms with Crippen LogP contribution >= 0.6 is 0 Å². The summed E-state index contributed by atoms with van der Waals surface area (Å²) < 4.78 is 34.3. The fourth-order valence-corrected chi connectivity index (χ4v) is 2.49. The molecule has 0 bridgehead atoms. The van der Waals surface area contributed by atoms with Gasteiger partial charge in [-0.15, -0.1) is 0 Å². The number of halogens is 2. The second-order valence-electron chi connectivity index (χ2n) is 5.22. The van der Waals surface area contributed by atoms with Crippen molar-refractivity contribution < 1.29 is 23.0 Å². The zero-order valence-electron chi connectivity index (χ0n) is 12.2. The van der Waals surface area contributed by atoms with E-state index in [1.54, 1.807) is 12.1 Å². The molecule has 120 valence electrons. The average molecular weight is 319 g/mol. The van der Waals surface area contributed by atoms with E-state index in [1.807, 2.05) is 24.3 Å². The van der Waals surface area contributed by atoms with Crippen LogP contribution in [-0.4, -0.2) is 19.1 Å². The number of hydrogen-bond donors (Lipinski definition) is 1. The lowest BCUT2D eigenvalue weighted by Gasteiger charge is -2.24. The molecule has 2 aromatic rings. The predicted octanol–water partition coefficient (Wildman–Crippen LogP) is 3.48. The maximum Gasteiger partial charge on any atom is 0.387 e. The van der Waals surface area contributed by atoms with Crippen LogP contribution in [-0.2, 0) is 11.2 Å². The molecule has 0 fully saturated rings. The fraction of sp³-hybridized carbons (Fsp3) is 0.235. The van der Waals surface area contributed by atoms with Crippen LogP contribution in [0, 0.1) is 5.92 Å². The summed E-state index contributed by atoms with van der Waals surface area (Å²) in [5.41, 5.74) is 1.39. The summed E-state index contributed by atoms with van der Waals surface area (Å²) in [6.45, 7) is -2.61. The van der Waals surface area contributed by atoms with Crippen LogP contribution in [0.1, 0.15) is 5.56 Å². The first-order valence-corrected chi connectivity index (χ1v) is 7.18. The van der Waals surface area contributed by atoms with Crippen molar-refractivity contribution in [3.8, 4) is 11.5 Å². The first-order chi connectivity index (χ1) is 11.1. The van der Waals surface area contributed by atoms with Crippen molar-refractivity contribution in [2.24, 2.45) is 5.92 Å². The van der Waals surface area contributed by atoms with Gasteiger partial charge in [-0.1, -0.05) is 24.3 Å². The number of hydrogen-bond acceptors (Lipinski definition) is 3. The van der Waals surface area contributed by atoms with Crippen molar-refractivity contribution in [1.82, 2.24) is 0 Å². The molecule has 23 heavy (non-hydrogen) atoms. The minimum atomic E-state index is -2.90. The highest BCUT2D eigenvalue weighted by molar-refractivity contribution is 5.93. The number of carbonyl (C=O) groups is 1. The molecule has 1 amide bonds. The number of anilines is 1. The van der Waals surface area contributed by atoms with Gasteiger partial charge in [0.2, 0.25) is 5.91 Å². The van der Waals surface area contributed by atoms with Gasteiger partial charge in [-0.25, -0.2) is 0 Å². The number of fused-ring (bicyclic) bond motifs is 1. The van der Waals surface area contributed by atoms with Crippen molar-refractivity contribution in [3.63, 3.8) is 0 Å². The van der Waals surface area contributed by atoms with E-state index in [9.17, 15) is 13.6 Å². The van der Waals surface area contributed by atoms with E-state index in [-0.39, 0.29) is 24.2 Å². The summed E-state index contributed by atoms with van der Waals surface area (Å²) >= 11 is 0. The van der Waals surface area contributed by atoms with Gasteiger partial charge in [-0.2, -0.15) is 8.78 Å². The second-order valence-corrected chi connectivity index (χ2v) is 5.22. The molecule has 6 heteroatoms. The molecule has 3 rings (SSSR count). The number of nitrogens with one attached hydrogen (secondary N) is 1. The highest BCUT2D eigenvalue weighted by Gasteiger charge is 2.25. The van der Waals surface area contributed by atoms with Gasteiger partial charge in [0.05, 0.1) is 5.92 Å². The zero-order chi connectivity index (χ0) is 16.2. The monoisotopic (exact) mass is 319 g/mol. The van der Waals surface area contributed by atoms with Crippen LogP contribution in [0.15, 0.2) is 48.5 Å². The van der Waals surface area contributed by atoms with E-state index >= 15 is 0 Å². The lowest BCUT2D eigenvalue weighted by Crippen LogP contribution is -2.32. The summed E-state index contributed by atoms with van der Waals surface area (Å²) in [5, 5.41) is 2.71. The Bertz CT molecular complexity index is 706. The maximum absolute atomic E-state index is 12.3. The van der Waals surface area contributed by atoms with Crippen LogP contribution in [0.3, 0.4) is 0 Å². The molecule has 1 N–H and O–H groups in total. The van der Waals surface area contributed by atoms with Crippen LogP contribution in [0.4, 0.5) is 14.5 Å². The van der Waals surface area contributed by atoms with Gasteiger partial charge < -0.3 is 14.8 Å². The van der Waals surface area contributed by atoms with Crippen molar-refractivity contribution in [2.45, 2.75) is 13.0 Å². The Kier molecular flexibility index (Phi) is 4.41. The van der Waals surface area contributed by atoms with E-state index in [4.69, 9.17) is 4.74 Å². The molecule has 1 aliphatic heterocycles. The molecule has 1 atom stereocenters. The van der Waals surface area contributed by atoms with Crippen molar-refractivity contribution >= 4 is 11.6 Å². The molecule has 2 aromatic carbocycles. The molecule has 0 saturated heterocycles. The van der Waals surface area contributed by atoms with E-state index < -0.39 is 6.61 Å². The molecular weight excluding hydrogens is 304 g/mol. The molecule has 0 aliphatic carbocycles. The Morgan fingerprint density at radius 1 is 1.22 bits per heavy atom. The molecule has 0 radical (unpaired) electrons. The number of alkyl halides is 2. The quantitative estimate of drug-likeness (QED) is 0.938. The zero-order valence-corrected chi connectivity index (χ0v) is 12.2. The van der Waals surface area contributed by atoms with Gasteiger partial charge in [0.1, 0.15) is 18.1 Å². The number of benzene rings is 2. The summed E-state index contributed by atoms with van der Waals surface area (Å²) in [6.07, 6.45) is 0.579. The van der Waals surface area contributed by atoms with E-state index in [2.05, 4.69) is 10.1 Å². The molecular formula is C17H15F2NO3. The van der Waals surface area contributed by atoms with E-state index in [1.165, 1.54) is 12.1 Å². The molecule has 0 aromatic heterocycles. The largest absolute Gasteiger partial charge is 0.492 e. The van der Waals surface area contributed by atoms with Gasteiger partial charge in [-0.3, -0.25) is 4.79 Å². The number of ether oxygens (including phenoxy) is 2. The van der Waals surface area contributed by atoms with Gasteiger partial charge in [0, 0.05) is 11.8 Å². The third-order valence-electron chi connectivity index (χ3n) is 3.58. The predicted molar refractivity (Wildman–Crippen MR) is 80.8 cm³/mol. The Morgan fingerprint density at radius 3 is 2.87 bits per heavy atom. The van der Waals surface area contributed by atoms with Crippen LogP contribution < -0.4 is 14.8 Å². The van der Waals surface area contributed by atoms with Gasteiger partial charge >= 0.3 is 6.61 Å². The third kappa shape index (κ3) is 3.77. The molecule has 1 aliphatic rings. The smallest absolute Gasteiger partial charge is 0.387 e. The standard InChI is InChI=1S/C17H15F2NO3/c18-17(19)23-14-6-3-5-13(9-14)20-16(21)12-8-11-4-1-2-7-15(11)22-10-12/h1-7,9,12,17H,8,10H2,(H,20,21). The number of amides is 1. The molecule has 0 spiro atoms. The van der Waals surface area contributed by atoms with Gasteiger partial charge in [0.15, 0.2) is 0 Å². The fourth-order valence-electron chi connectivity index (χ4n) is 2.49. The highest BCUT2D eigenvalue weighted by atomic mass is 19.3. The van der Waals surface area contributed by atoms with Crippen molar-refractivity contribution in [2.75, 3.05) is 11.9 Å². The average Bonchev–Trinajstić information content (AvgIpc) is 2.54. The summed E-state index contributed by atoms with van der Waals surface area (Å²) in [7, 11) is 0. The van der Waals surface area contributed by atoms with E-state index in [0.717, 1.165) is 11.3 Å². The number of para-hydroxylation sites is 1. The summed E-state index contributed by atoms with van der Waals surface area (Å²) in [5.74, 6) is 0.255. The summed E-state index contributed by atoms with van der Waals surface area (Å²) in [6, 6.07) is 13.5. The molecule has 1 heterocycles. The molecule has 4 nitrogen and oxygen atoms in total. The highest BCUT2D eigenvalue weighted by Crippen LogP contribution is 2.28. The number of rotatable bonds is 4. The minimum absolute atomic E-state index is 0.00281. The Hall–Kier alpha value is -2.63. The van der Waals surface area contributed by atoms with Crippen LogP contribution in [0.5, 0.6) is 11.5 Å². The van der Waals surface area contributed by atoms with Crippen molar-refractivity contribution in [1.29, 1.82) is 0 Å². The third-order valence-corrected chi connectivity index (χ3v) is 3.58. The van der Waals surface area contributed by atoms with E-state index in [0.29, 0.717) is 12.1 Å². The lowest BCUT2D eigenvalue weighted by atomic mass is 9.96.